The Hall–Kier alpha value is -1.37. The largest absolute Gasteiger partial charge is 0.379 e. The molecule has 124 valence electrons. The van der Waals surface area contributed by atoms with E-state index in [2.05, 4.69) is 5.32 Å². The Morgan fingerprint density at radius 1 is 1.04 bits per heavy atom. The van der Waals surface area contributed by atoms with Crippen molar-refractivity contribution < 1.29 is 17.2 Å². The van der Waals surface area contributed by atoms with E-state index in [1.165, 1.54) is 36.4 Å². The third-order valence-corrected chi connectivity index (χ3v) is 5.01. The number of sulfone groups is 1. The Morgan fingerprint density at radius 2 is 1.65 bits per heavy atom. The molecule has 2 rings (SSSR count). The molecule has 0 unspecified atom stereocenters. The first-order chi connectivity index (χ1) is 10.6. The van der Waals surface area contributed by atoms with Gasteiger partial charge in [0.15, 0.2) is 9.84 Å². The average Bonchev–Trinajstić information content (AvgIpc) is 2.47. The van der Waals surface area contributed by atoms with Gasteiger partial charge in [-0.2, -0.15) is 8.78 Å². The summed E-state index contributed by atoms with van der Waals surface area (Å²) < 4.78 is 51.0. The lowest BCUT2D eigenvalue weighted by Crippen LogP contribution is -2.24. The van der Waals surface area contributed by atoms with Gasteiger partial charge in [0.2, 0.25) is 0 Å². The van der Waals surface area contributed by atoms with Crippen LogP contribution in [0.2, 0.25) is 10.0 Å². The minimum Gasteiger partial charge on any atom is -0.379 e. The summed E-state index contributed by atoms with van der Waals surface area (Å²) in [6.45, 7) is -0.664. The highest BCUT2D eigenvalue weighted by atomic mass is 35.5. The van der Waals surface area contributed by atoms with Crippen molar-refractivity contribution in [3.8, 4) is 0 Å². The molecule has 0 bridgehead atoms. The fourth-order valence-corrected chi connectivity index (χ4v) is 2.79. The quantitative estimate of drug-likeness (QED) is 0.825. The number of alkyl halides is 2. The first kappa shape index (κ1) is 18.0. The van der Waals surface area contributed by atoms with Gasteiger partial charge < -0.3 is 5.32 Å². The highest BCUT2D eigenvalue weighted by Crippen LogP contribution is 2.33. The van der Waals surface area contributed by atoms with Crippen molar-refractivity contribution >= 4 is 38.7 Å². The van der Waals surface area contributed by atoms with E-state index in [9.17, 15) is 17.2 Å². The molecule has 0 saturated heterocycles. The fourth-order valence-electron chi connectivity index (χ4n) is 1.86. The Balaban J connectivity index is 2.11. The van der Waals surface area contributed by atoms with Crippen molar-refractivity contribution in [1.82, 2.24) is 0 Å². The average molecular weight is 380 g/mol. The SMILES string of the molecule is CS(=O)(=O)c1ccc(NCC(F)(F)c2ccc(Cl)c(Cl)c2)cc1. The molecule has 0 aliphatic heterocycles. The van der Waals surface area contributed by atoms with Crippen LogP contribution in [-0.4, -0.2) is 21.2 Å². The molecular weight excluding hydrogens is 367 g/mol. The molecule has 0 heterocycles. The van der Waals surface area contributed by atoms with E-state index < -0.39 is 22.3 Å². The zero-order valence-electron chi connectivity index (χ0n) is 12.0. The maximum absolute atomic E-state index is 14.2. The minimum atomic E-state index is -3.32. The molecule has 0 aliphatic rings. The molecule has 0 saturated carbocycles. The van der Waals surface area contributed by atoms with Crippen LogP contribution in [0.5, 0.6) is 0 Å². The Labute approximate surface area is 143 Å². The predicted molar refractivity (Wildman–Crippen MR) is 88.4 cm³/mol. The van der Waals surface area contributed by atoms with Gasteiger partial charge >= 0.3 is 0 Å². The van der Waals surface area contributed by atoms with Gasteiger partial charge in [-0.05, 0) is 36.4 Å². The van der Waals surface area contributed by atoms with Gasteiger partial charge in [0.25, 0.3) is 5.92 Å². The summed E-state index contributed by atoms with van der Waals surface area (Å²) in [5.41, 5.74) is 0.129. The Morgan fingerprint density at radius 3 is 2.17 bits per heavy atom. The van der Waals surface area contributed by atoms with Crippen LogP contribution in [0.1, 0.15) is 5.56 Å². The standard InChI is InChI=1S/C15H13Cl2F2NO2S/c1-23(21,22)12-5-3-11(4-6-12)20-9-15(18,19)10-2-7-13(16)14(17)8-10/h2-8,20H,9H2,1H3. The molecule has 0 radical (unpaired) electrons. The lowest BCUT2D eigenvalue weighted by Gasteiger charge is -2.18. The number of rotatable bonds is 5. The van der Waals surface area contributed by atoms with Crippen molar-refractivity contribution in [2.75, 3.05) is 18.1 Å². The number of hydrogen-bond donors (Lipinski definition) is 1. The van der Waals surface area contributed by atoms with Crippen molar-refractivity contribution in [3.05, 3.63) is 58.1 Å². The van der Waals surface area contributed by atoms with Crippen LogP contribution in [0.4, 0.5) is 14.5 Å². The molecule has 0 amide bonds. The van der Waals surface area contributed by atoms with Crippen molar-refractivity contribution in [2.24, 2.45) is 0 Å². The summed E-state index contributed by atoms with van der Waals surface area (Å²) in [6.07, 6.45) is 1.08. The van der Waals surface area contributed by atoms with E-state index in [1.54, 1.807) is 0 Å². The second kappa shape index (κ2) is 6.63. The minimum absolute atomic E-state index is 0.0568. The summed E-state index contributed by atoms with van der Waals surface area (Å²) >= 11 is 11.5. The highest BCUT2D eigenvalue weighted by molar-refractivity contribution is 7.90. The topological polar surface area (TPSA) is 46.2 Å². The third kappa shape index (κ3) is 4.56. The Bertz CT molecular complexity index is 809. The zero-order chi connectivity index (χ0) is 17.3. The molecule has 1 N–H and O–H groups in total. The number of nitrogens with one attached hydrogen (secondary N) is 1. The molecule has 0 spiro atoms. The van der Waals surface area contributed by atoms with Crippen LogP contribution in [0.15, 0.2) is 47.4 Å². The van der Waals surface area contributed by atoms with Crippen LogP contribution in [-0.2, 0) is 15.8 Å². The first-order valence-corrected chi connectivity index (χ1v) is 9.12. The summed E-state index contributed by atoms with van der Waals surface area (Å²) in [7, 11) is -3.32. The molecule has 0 aliphatic carbocycles. The summed E-state index contributed by atoms with van der Waals surface area (Å²) in [4.78, 5) is 0.124. The number of anilines is 1. The molecule has 0 aromatic heterocycles. The van der Waals surface area contributed by atoms with E-state index in [-0.39, 0.29) is 20.5 Å². The van der Waals surface area contributed by atoms with Gasteiger partial charge in [0, 0.05) is 17.5 Å². The van der Waals surface area contributed by atoms with Gasteiger partial charge in [-0.15, -0.1) is 0 Å². The molecule has 0 atom stereocenters. The van der Waals surface area contributed by atoms with Gasteiger partial charge in [-0.3, -0.25) is 0 Å². The Kier molecular flexibility index (Phi) is 5.18. The smallest absolute Gasteiger partial charge is 0.290 e. The van der Waals surface area contributed by atoms with E-state index in [4.69, 9.17) is 23.2 Å². The second-order valence-corrected chi connectivity index (χ2v) is 7.81. The summed E-state index contributed by atoms with van der Waals surface area (Å²) in [5, 5.41) is 2.84. The molecule has 3 nitrogen and oxygen atoms in total. The van der Waals surface area contributed by atoms with E-state index in [1.807, 2.05) is 0 Å². The molecule has 8 heteroatoms. The highest BCUT2D eigenvalue weighted by Gasteiger charge is 2.31. The second-order valence-electron chi connectivity index (χ2n) is 4.98. The molecule has 2 aromatic carbocycles. The fraction of sp³-hybridized carbons (Fsp3) is 0.200. The third-order valence-electron chi connectivity index (χ3n) is 3.14. The molecule has 23 heavy (non-hydrogen) atoms. The monoisotopic (exact) mass is 379 g/mol. The van der Waals surface area contributed by atoms with Gasteiger partial charge in [0.05, 0.1) is 21.5 Å². The van der Waals surface area contributed by atoms with Crippen molar-refractivity contribution in [3.63, 3.8) is 0 Å². The van der Waals surface area contributed by atoms with Crippen molar-refractivity contribution in [2.45, 2.75) is 10.8 Å². The predicted octanol–water partition coefficient (Wildman–Crippen LogP) is 4.60. The summed E-state index contributed by atoms with van der Waals surface area (Å²) in [5.74, 6) is -3.16. The van der Waals surface area contributed by atoms with Gasteiger partial charge in [-0.25, -0.2) is 8.42 Å². The van der Waals surface area contributed by atoms with Gasteiger partial charge in [0.1, 0.15) is 0 Å². The number of hydrogen-bond acceptors (Lipinski definition) is 3. The summed E-state index contributed by atoms with van der Waals surface area (Å²) in [6, 6.07) is 9.22. The maximum Gasteiger partial charge on any atom is 0.290 e. The zero-order valence-corrected chi connectivity index (χ0v) is 14.3. The lowest BCUT2D eigenvalue weighted by atomic mass is 10.1. The first-order valence-electron chi connectivity index (χ1n) is 6.47. The van der Waals surface area contributed by atoms with Crippen LogP contribution < -0.4 is 5.32 Å². The van der Waals surface area contributed by atoms with Crippen LogP contribution in [0.3, 0.4) is 0 Å². The maximum atomic E-state index is 14.2. The molecular formula is C15H13Cl2F2NO2S. The van der Waals surface area contributed by atoms with E-state index in [0.29, 0.717) is 5.69 Å². The van der Waals surface area contributed by atoms with E-state index >= 15 is 0 Å². The van der Waals surface area contributed by atoms with Crippen LogP contribution >= 0.6 is 23.2 Å². The van der Waals surface area contributed by atoms with E-state index in [0.717, 1.165) is 12.3 Å². The van der Waals surface area contributed by atoms with Crippen LogP contribution in [0, 0.1) is 0 Å². The molecule has 2 aromatic rings. The normalized spacial score (nSPS) is 12.2. The van der Waals surface area contributed by atoms with Gasteiger partial charge in [-0.1, -0.05) is 29.3 Å². The lowest BCUT2D eigenvalue weighted by molar-refractivity contribution is 0.0106. The number of halogens is 4. The van der Waals surface area contributed by atoms with Crippen molar-refractivity contribution in [1.29, 1.82) is 0 Å². The van der Waals surface area contributed by atoms with Crippen LogP contribution in [0.25, 0.3) is 0 Å². The number of benzene rings is 2. The molecule has 0 fully saturated rings.